The summed E-state index contributed by atoms with van der Waals surface area (Å²) in [6.07, 6.45) is 0.329. The van der Waals surface area contributed by atoms with E-state index in [1.165, 1.54) is 0 Å². The van der Waals surface area contributed by atoms with E-state index < -0.39 is 0 Å². The number of benzene rings is 2. The van der Waals surface area contributed by atoms with Crippen molar-refractivity contribution in [3.05, 3.63) is 52.0 Å². The van der Waals surface area contributed by atoms with E-state index in [2.05, 4.69) is 10.6 Å². The Morgan fingerprint density at radius 2 is 1.96 bits per heavy atom. The number of carbonyl (C=O) groups excluding carboxylic acids is 1. The number of amides is 1. The molecule has 4 nitrogen and oxygen atoms in total. The highest BCUT2D eigenvalue weighted by molar-refractivity contribution is 6.32. The second kappa shape index (κ2) is 8.09. The zero-order valence-electron chi connectivity index (χ0n) is 13.0. The zero-order valence-corrected chi connectivity index (χ0v) is 14.5. The molecule has 0 saturated heterocycles. The van der Waals surface area contributed by atoms with Crippen LogP contribution in [-0.4, -0.2) is 19.6 Å². The third-order valence-corrected chi connectivity index (χ3v) is 3.83. The van der Waals surface area contributed by atoms with E-state index >= 15 is 0 Å². The molecular weight excluding hydrogens is 335 g/mol. The lowest BCUT2D eigenvalue weighted by Gasteiger charge is -2.11. The largest absolute Gasteiger partial charge is 0.495 e. The summed E-state index contributed by atoms with van der Waals surface area (Å²) in [4.78, 5) is 12.0. The number of anilines is 2. The van der Waals surface area contributed by atoms with Crippen molar-refractivity contribution in [1.29, 1.82) is 0 Å². The van der Waals surface area contributed by atoms with Crippen LogP contribution in [0.4, 0.5) is 11.4 Å². The van der Waals surface area contributed by atoms with Gasteiger partial charge in [-0.05, 0) is 42.8 Å². The van der Waals surface area contributed by atoms with Crippen LogP contribution in [0, 0.1) is 6.92 Å². The van der Waals surface area contributed by atoms with Gasteiger partial charge in [0.2, 0.25) is 5.91 Å². The van der Waals surface area contributed by atoms with Gasteiger partial charge in [0.1, 0.15) is 5.75 Å². The molecule has 0 atom stereocenters. The first-order valence-corrected chi connectivity index (χ1v) is 7.88. The van der Waals surface area contributed by atoms with Crippen LogP contribution in [0.25, 0.3) is 0 Å². The average Bonchev–Trinajstić information content (AvgIpc) is 2.51. The number of hydrogen-bond acceptors (Lipinski definition) is 3. The van der Waals surface area contributed by atoms with Gasteiger partial charge >= 0.3 is 0 Å². The molecule has 2 rings (SSSR count). The molecule has 2 N–H and O–H groups in total. The molecule has 0 aliphatic carbocycles. The van der Waals surface area contributed by atoms with Gasteiger partial charge in [-0.3, -0.25) is 4.79 Å². The Labute approximate surface area is 145 Å². The van der Waals surface area contributed by atoms with Gasteiger partial charge in [0.05, 0.1) is 12.1 Å². The van der Waals surface area contributed by atoms with E-state index in [4.69, 9.17) is 27.9 Å². The first kappa shape index (κ1) is 17.4. The number of halogens is 2. The fourth-order valence-electron chi connectivity index (χ4n) is 2.06. The number of ether oxygens (including phenoxy) is 1. The number of rotatable bonds is 6. The number of hydrogen-bond donors (Lipinski definition) is 2. The number of carbonyl (C=O) groups is 1. The highest BCUT2D eigenvalue weighted by Gasteiger charge is 2.06. The van der Waals surface area contributed by atoms with Crippen LogP contribution in [0.1, 0.15) is 12.0 Å². The Kier molecular flexibility index (Phi) is 6.13. The van der Waals surface area contributed by atoms with Crippen LogP contribution in [0.5, 0.6) is 5.75 Å². The van der Waals surface area contributed by atoms with E-state index in [1.807, 2.05) is 25.1 Å². The Morgan fingerprint density at radius 3 is 2.65 bits per heavy atom. The predicted molar refractivity (Wildman–Crippen MR) is 95.9 cm³/mol. The molecular formula is C17H18Cl2N2O2. The van der Waals surface area contributed by atoms with Gasteiger partial charge in [0.15, 0.2) is 0 Å². The monoisotopic (exact) mass is 352 g/mol. The van der Waals surface area contributed by atoms with E-state index in [0.717, 1.165) is 11.3 Å². The van der Waals surface area contributed by atoms with Crippen LogP contribution in [0.3, 0.4) is 0 Å². The quantitative estimate of drug-likeness (QED) is 0.788. The highest BCUT2D eigenvalue weighted by Crippen LogP contribution is 2.27. The molecule has 0 heterocycles. The minimum Gasteiger partial charge on any atom is -0.495 e. The lowest BCUT2D eigenvalue weighted by Crippen LogP contribution is -2.16. The molecule has 0 fully saturated rings. The molecule has 6 heteroatoms. The summed E-state index contributed by atoms with van der Waals surface area (Å²) >= 11 is 12.0. The minimum absolute atomic E-state index is 0.0987. The molecule has 23 heavy (non-hydrogen) atoms. The topological polar surface area (TPSA) is 50.4 Å². The Bertz CT molecular complexity index is 705. The van der Waals surface area contributed by atoms with E-state index in [-0.39, 0.29) is 5.91 Å². The van der Waals surface area contributed by atoms with Gasteiger partial charge < -0.3 is 15.4 Å². The molecule has 0 aliphatic heterocycles. The summed E-state index contributed by atoms with van der Waals surface area (Å²) in [5.74, 6) is 0.473. The van der Waals surface area contributed by atoms with Crippen LogP contribution in [-0.2, 0) is 4.79 Å². The van der Waals surface area contributed by atoms with Crippen molar-refractivity contribution < 1.29 is 9.53 Å². The second-order valence-corrected chi connectivity index (χ2v) is 5.88. The van der Waals surface area contributed by atoms with Gasteiger partial charge in [0, 0.05) is 29.4 Å². The van der Waals surface area contributed by atoms with Gasteiger partial charge in [0.25, 0.3) is 0 Å². The van der Waals surface area contributed by atoms with E-state index in [1.54, 1.807) is 25.3 Å². The number of methoxy groups -OCH3 is 1. The number of aryl methyl sites for hydroxylation is 1. The molecule has 0 unspecified atom stereocenters. The molecule has 1 amide bonds. The molecule has 0 bridgehead atoms. The Balaban J connectivity index is 1.85. The molecule has 0 spiro atoms. The van der Waals surface area contributed by atoms with Crippen molar-refractivity contribution in [2.24, 2.45) is 0 Å². The first-order valence-electron chi connectivity index (χ1n) is 7.13. The summed E-state index contributed by atoms with van der Waals surface area (Å²) in [5, 5.41) is 7.13. The smallest absolute Gasteiger partial charge is 0.226 e. The van der Waals surface area contributed by atoms with E-state index in [9.17, 15) is 4.79 Å². The molecule has 2 aromatic rings. The maximum absolute atomic E-state index is 12.0. The highest BCUT2D eigenvalue weighted by atomic mass is 35.5. The van der Waals surface area contributed by atoms with Crippen molar-refractivity contribution in [2.75, 3.05) is 24.3 Å². The van der Waals surface area contributed by atoms with Gasteiger partial charge in [-0.15, -0.1) is 0 Å². The number of nitrogens with one attached hydrogen (secondary N) is 2. The van der Waals surface area contributed by atoms with Gasteiger partial charge in [-0.1, -0.05) is 29.3 Å². The minimum atomic E-state index is -0.0987. The molecule has 0 radical (unpaired) electrons. The van der Waals surface area contributed by atoms with Gasteiger partial charge in [-0.2, -0.15) is 0 Å². The molecule has 0 aliphatic rings. The van der Waals surface area contributed by atoms with Crippen LogP contribution >= 0.6 is 23.2 Å². The van der Waals surface area contributed by atoms with Crippen molar-refractivity contribution >= 4 is 40.5 Å². The fourth-order valence-corrected chi connectivity index (χ4v) is 2.49. The first-order chi connectivity index (χ1) is 11.0. The summed E-state index contributed by atoms with van der Waals surface area (Å²) < 4.78 is 5.07. The molecule has 2 aromatic carbocycles. The van der Waals surface area contributed by atoms with Gasteiger partial charge in [-0.25, -0.2) is 0 Å². The summed E-state index contributed by atoms with van der Waals surface area (Å²) in [6.45, 7) is 2.50. The van der Waals surface area contributed by atoms with Crippen molar-refractivity contribution in [1.82, 2.24) is 0 Å². The summed E-state index contributed by atoms with van der Waals surface area (Å²) in [7, 11) is 1.54. The summed E-state index contributed by atoms with van der Waals surface area (Å²) in [5.41, 5.74) is 2.65. The van der Waals surface area contributed by atoms with Crippen molar-refractivity contribution in [2.45, 2.75) is 13.3 Å². The molecule has 122 valence electrons. The zero-order chi connectivity index (χ0) is 16.8. The standard InChI is InChI=1S/C17H18Cl2N2O2/c1-11-3-4-12(18)9-15(11)20-8-7-17(22)21-13-5-6-16(23-2)14(19)10-13/h3-6,9-10,20H,7-8H2,1-2H3,(H,21,22). The molecule has 0 aromatic heterocycles. The summed E-state index contributed by atoms with van der Waals surface area (Å²) in [6, 6.07) is 10.7. The lowest BCUT2D eigenvalue weighted by atomic mass is 10.2. The Morgan fingerprint density at radius 1 is 1.17 bits per heavy atom. The van der Waals surface area contributed by atoms with Crippen LogP contribution < -0.4 is 15.4 Å². The Hall–Kier alpha value is -1.91. The maximum Gasteiger partial charge on any atom is 0.226 e. The maximum atomic E-state index is 12.0. The fraction of sp³-hybridized carbons (Fsp3) is 0.235. The predicted octanol–water partition coefficient (Wildman–Crippen LogP) is 4.75. The van der Waals surface area contributed by atoms with Crippen molar-refractivity contribution in [3.8, 4) is 5.75 Å². The normalized spacial score (nSPS) is 10.3. The van der Waals surface area contributed by atoms with Crippen LogP contribution in [0.15, 0.2) is 36.4 Å². The van der Waals surface area contributed by atoms with Crippen LogP contribution in [0.2, 0.25) is 10.0 Å². The third kappa shape index (κ3) is 5.05. The third-order valence-electron chi connectivity index (χ3n) is 3.30. The van der Waals surface area contributed by atoms with E-state index in [0.29, 0.717) is 34.4 Å². The average molecular weight is 353 g/mol. The van der Waals surface area contributed by atoms with Crippen molar-refractivity contribution in [3.63, 3.8) is 0 Å². The SMILES string of the molecule is COc1ccc(NC(=O)CCNc2cc(Cl)ccc2C)cc1Cl. The molecule has 0 saturated carbocycles. The lowest BCUT2D eigenvalue weighted by molar-refractivity contribution is -0.115. The second-order valence-electron chi connectivity index (χ2n) is 5.03.